The van der Waals surface area contributed by atoms with Crippen molar-refractivity contribution in [3.05, 3.63) is 16.4 Å². The number of carbonyl (C=O) groups is 1. The lowest BCUT2D eigenvalue weighted by Gasteiger charge is -2.19. The van der Waals surface area contributed by atoms with Crippen LogP contribution in [0.1, 0.15) is 39.4 Å². The Morgan fingerprint density at radius 3 is 2.61 bits per heavy atom. The smallest absolute Gasteiger partial charge is 0.341 e. The van der Waals surface area contributed by atoms with Gasteiger partial charge in [-0.1, -0.05) is 25.9 Å². The van der Waals surface area contributed by atoms with Crippen LogP contribution in [0.3, 0.4) is 0 Å². The van der Waals surface area contributed by atoms with Gasteiger partial charge in [0.15, 0.2) is 5.82 Å². The van der Waals surface area contributed by atoms with Gasteiger partial charge < -0.3 is 4.90 Å². The molecule has 0 radical (unpaired) electrons. The van der Waals surface area contributed by atoms with E-state index < -0.39 is 5.76 Å². The summed E-state index contributed by atoms with van der Waals surface area (Å²) in [4.78, 5) is 25.3. The van der Waals surface area contributed by atoms with Crippen LogP contribution in [0.15, 0.2) is 9.32 Å². The van der Waals surface area contributed by atoms with E-state index in [-0.39, 0.29) is 17.9 Å². The van der Waals surface area contributed by atoms with Crippen LogP contribution >= 0.6 is 0 Å². The molecule has 0 aromatic carbocycles. The fourth-order valence-electron chi connectivity index (χ4n) is 1.86. The van der Waals surface area contributed by atoms with Crippen LogP contribution < -0.4 is 5.76 Å². The third kappa shape index (κ3) is 2.47. The maximum atomic E-state index is 12.0. The first-order valence-electron chi connectivity index (χ1n) is 6.13. The second-order valence-corrected chi connectivity index (χ2v) is 5.84. The molecule has 1 aromatic heterocycles. The number of nitrogens with zero attached hydrogens (tertiary/aromatic N) is 3. The number of rotatable bonds is 3. The Balaban J connectivity index is 2.20. The van der Waals surface area contributed by atoms with Crippen molar-refractivity contribution >= 4 is 5.91 Å². The molecule has 0 N–H and O–H groups in total. The molecule has 1 aromatic rings. The van der Waals surface area contributed by atoms with Crippen LogP contribution in [-0.4, -0.2) is 33.6 Å². The van der Waals surface area contributed by atoms with E-state index in [1.165, 1.54) is 4.57 Å². The lowest BCUT2D eigenvalue weighted by molar-refractivity contribution is -0.131. The van der Waals surface area contributed by atoms with Crippen molar-refractivity contribution in [3.63, 3.8) is 0 Å². The fourth-order valence-corrected chi connectivity index (χ4v) is 1.86. The monoisotopic (exact) mass is 253 g/mol. The maximum Gasteiger partial charge on any atom is 0.442 e. The van der Waals surface area contributed by atoms with E-state index in [0.717, 1.165) is 12.8 Å². The molecular weight excluding hydrogens is 234 g/mol. The van der Waals surface area contributed by atoms with Gasteiger partial charge >= 0.3 is 5.76 Å². The topological polar surface area (TPSA) is 68.3 Å². The van der Waals surface area contributed by atoms with E-state index >= 15 is 0 Å². The Morgan fingerprint density at radius 2 is 2.11 bits per heavy atom. The normalized spacial score (nSPS) is 15.8. The molecule has 0 unspecified atom stereocenters. The molecule has 0 aliphatic heterocycles. The Morgan fingerprint density at radius 1 is 1.50 bits per heavy atom. The zero-order valence-electron chi connectivity index (χ0n) is 11.3. The van der Waals surface area contributed by atoms with Crippen LogP contribution in [0, 0.1) is 0 Å². The molecule has 1 heterocycles. The summed E-state index contributed by atoms with van der Waals surface area (Å²) in [7, 11) is 1.77. The largest absolute Gasteiger partial charge is 0.442 e. The summed E-state index contributed by atoms with van der Waals surface area (Å²) < 4.78 is 5.99. The second-order valence-electron chi connectivity index (χ2n) is 5.84. The highest BCUT2D eigenvalue weighted by molar-refractivity contribution is 5.76. The Bertz CT molecular complexity index is 505. The Labute approximate surface area is 106 Å². The molecule has 1 aliphatic rings. The average Bonchev–Trinajstić information content (AvgIpc) is 3.03. The summed E-state index contributed by atoms with van der Waals surface area (Å²) in [6.45, 7) is 5.78. The van der Waals surface area contributed by atoms with Crippen molar-refractivity contribution in [3.8, 4) is 0 Å². The Kier molecular flexibility index (Phi) is 3.04. The van der Waals surface area contributed by atoms with Crippen molar-refractivity contribution in [1.82, 2.24) is 14.6 Å². The maximum absolute atomic E-state index is 12.0. The Hall–Kier alpha value is -1.59. The van der Waals surface area contributed by atoms with E-state index in [4.69, 9.17) is 0 Å². The van der Waals surface area contributed by atoms with Crippen LogP contribution in [0.2, 0.25) is 0 Å². The lowest BCUT2D eigenvalue weighted by atomic mass is 9.96. The fraction of sp³-hybridized carbons (Fsp3) is 0.750. The molecule has 6 nitrogen and oxygen atoms in total. The summed E-state index contributed by atoms with van der Waals surface area (Å²) in [6.07, 6.45) is 2.10. The predicted molar refractivity (Wildman–Crippen MR) is 65.3 cm³/mol. The number of carbonyl (C=O) groups excluding carboxylic acids is 1. The average molecular weight is 253 g/mol. The minimum absolute atomic E-state index is 0.00192. The molecule has 0 spiro atoms. The van der Waals surface area contributed by atoms with E-state index in [1.807, 2.05) is 20.8 Å². The standard InChI is InChI=1S/C12H19N3O3/c1-12(2,3)10-13-18-11(17)15(10)7-9(16)14(4)8-5-6-8/h8H,5-7H2,1-4H3. The molecule has 100 valence electrons. The van der Waals surface area contributed by atoms with Crippen LogP contribution in [0.4, 0.5) is 0 Å². The highest BCUT2D eigenvalue weighted by Crippen LogP contribution is 2.25. The number of hydrogen-bond donors (Lipinski definition) is 0. The molecule has 0 saturated heterocycles. The summed E-state index contributed by atoms with van der Waals surface area (Å²) in [5.74, 6) is -0.143. The third-order valence-corrected chi connectivity index (χ3v) is 3.14. The van der Waals surface area contributed by atoms with Crippen molar-refractivity contribution in [2.75, 3.05) is 7.05 Å². The highest BCUT2D eigenvalue weighted by atomic mass is 16.5. The van der Waals surface area contributed by atoms with Crippen molar-refractivity contribution < 1.29 is 9.32 Å². The van der Waals surface area contributed by atoms with E-state index in [9.17, 15) is 9.59 Å². The minimum Gasteiger partial charge on any atom is -0.341 e. The number of aromatic nitrogens is 2. The van der Waals surface area contributed by atoms with Crippen LogP contribution in [-0.2, 0) is 16.8 Å². The van der Waals surface area contributed by atoms with Gasteiger partial charge in [-0.15, -0.1) is 0 Å². The number of hydrogen-bond acceptors (Lipinski definition) is 4. The molecule has 1 aliphatic carbocycles. The van der Waals surface area contributed by atoms with E-state index in [0.29, 0.717) is 11.9 Å². The van der Waals surface area contributed by atoms with Gasteiger partial charge in [-0.3, -0.25) is 13.9 Å². The predicted octanol–water partition coefficient (Wildman–Crippen LogP) is 0.755. The molecule has 18 heavy (non-hydrogen) atoms. The first kappa shape index (κ1) is 12.9. The van der Waals surface area contributed by atoms with Gasteiger partial charge in [-0.2, -0.15) is 0 Å². The molecule has 2 rings (SSSR count). The quantitative estimate of drug-likeness (QED) is 0.797. The zero-order valence-corrected chi connectivity index (χ0v) is 11.3. The highest BCUT2D eigenvalue weighted by Gasteiger charge is 2.31. The molecular formula is C12H19N3O3. The van der Waals surface area contributed by atoms with Gasteiger partial charge in [0.05, 0.1) is 0 Å². The first-order valence-corrected chi connectivity index (χ1v) is 6.13. The van der Waals surface area contributed by atoms with Crippen LogP contribution in [0.25, 0.3) is 0 Å². The van der Waals surface area contributed by atoms with Gasteiger partial charge in [0, 0.05) is 18.5 Å². The molecule has 0 bridgehead atoms. The molecule has 6 heteroatoms. The second kappa shape index (κ2) is 4.26. The molecule has 1 fully saturated rings. The van der Waals surface area contributed by atoms with Crippen molar-refractivity contribution in [1.29, 1.82) is 0 Å². The first-order chi connectivity index (χ1) is 8.30. The third-order valence-electron chi connectivity index (χ3n) is 3.14. The van der Waals surface area contributed by atoms with Crippen molar-refractivity contribution in [2.45, 2.75) is 51.6 Å². The van der Waals surface area contributed by atoms with E-state index in [1.54, 1.807) is 11.9 Å². The van der Waals surface area contributed by atoms with Crippen LogP contribution in [0.5, 0.6) is 0 Å². The van der Waals surface area contributed by atoms with Gasteiger partial charge in [-0.25, -0.2) is 4.79 Å². The molecule has 0 atom stereocenters. The summed E-state index contributed by atoms with van der Waals surface area (Å²) >= 11 is 0. The molecule has 1 saturated carbocycles. The van der Waals surface area contributed by atoms with E-state index in [2.05, 4.69) is 9.68 Å². The summed E-state index contributed by atoms with van der Waals surface area (Å²) in [6, 6.07) is 0.339. The summed E-state index contributed by atoms with van der Waals surface area (Å²) in [5, 5.41) is 3.76. The van der Waals surface area contributed by atoms with Gasteiger partial charge in [-0.05, 0) is 12.8 Å². The lowest BCUT2D eigenvalue weighted by Crippen LogP contribution is -2.36. The number of likely N-dealkylation sites (N-methyl/N-ethyl adjacent to an activating group) is 1. The molecule has 1 amide bonds. The SMILES string of the molecule is CN(C(=O)Cn1c(C(C)(C)C)noc1=O)C1CC1. The zero-order chi connectivity index (χ0) is 13.5. The summed E-state index contributed by atoms with van der Waals surface area (Å²) in [5.41, 5.74) is -0.329. The van der Waals surface area contributed by atoms with Gasteiger partial charge in [0.25, 0.3) is 0 Å². The number of amides is 1. The van der Waals surface area contributed by atoms with Gasteiger partial charge in [0.1, 0.15) is 6.54 Å². The van der Waals surface area contributed by atoms with Gasteiger partial charge in [0.2, 0.25) is 5.91 Å². The minimum atomic E-state index is -0.572. The van der Waals surface area contributed by atoms with Crippen molar-refractivity contribution in [2.24, 2.45) is 0 Å².